The molecule has 1 heterocycles. The van der Waals surface area contributed by atoms with Gasteiger partial charge in [0.1, 0.15) is 11.6 Å². The maximum atomic E-state index is 13.7. The summed E-state index contributed by atoms with van der Waals surface area (Å²) in [6, 6.07) is 5.46. The van der Waals surface area contributed by atoms with Crippen molar-refractivity contribution in [1.82, 2.24) is 5.32 Å². The number of benzene rings is 1. The van der Waals surface area contributed by atoms with Gasteiger partial charge in [0.05, 0.1) is 6.04 Å². The molecule has 2 aromatic rings. The molecule has 0 spiro atoms. The Morgan fingerprint density at radius 2 is 1.82 bits per heavy atom. The van der Waals surface area contributed by atoms with Gasteiger partial charge in [0.25, 0.3) is 0 Å². The van der Waals surface area contributed by atoms with Crippen LogP contribution in [-0.2, 0) is 0 Å². The minimum atomic E-state index is -0.517. The molecule has 0 fully saturated rings. The van der Waals surface area contributed by atoms with Gasteiger partial charge in [-0.25, -0.2) is 8.78 Å². The predicted octanol–water partition coefficient (Wildman–Crippen LogP) is 3.64. The summed E-state index contributed by atoms with van der Waals surface area (Å²) in [5.74, 6) is -1.03. The number of halogens is 2. The van der Waals surface area contributed by atoms with Crippen LogP contribution in [0.15, 0.2) is 29.6 Å². The quantitative estimate of drug-likeness (QED) is 0.880. The van der Waals surface area contributed by atoms with Gasteiger partial charge in [-0.2, -0.15) is 0 Å². The maximum Gasteiger partial charge on any atom is 0.131 e. The summed E-state index contributed by atoms with van der Waals surface area (Å²) < 4.78 is 27.5. The van der Waals surface area contributed by atoms with Crippen LogP contribution in [0.4, 0.5) is 8.78 Å². The van der Waals surface area contributed by atoms with E-state index in [0.29, 0.717) is 0 Å². The van der Waals surface area contributed by atoms with Crippen LogP contribution in [0.1, 0.15) is 22.0 Å². The molecule has 90 valence electrons. The summed E-state index contributed by atoms with van der Waals surface area (Å²) in [4.78, 5) is 0.941. The second-order valence-electron chi connectivity index (χ2n) is 3.82. The van der Waals surface area contributed by atoms with E-state index in [-0.39, 0.29) is 5.56 Å². The van der Waals surface area contributed by atoms with Gasteiger partial charge in [-0.05, 0) is 43.1 Å². The van der Waals surface area contributed by atoms with Crippen molar-refractivity contribution in [3.05, 3.63) is 57.3 Å². The summed E-state index contributed by atoms with van der Waals surface area (Å²) in [6.07, 6.45) is 0. The molecule has 0 amide bonds. The first-order valence-electron chi connectivity index (χ1n) is 5.30. The number of hydrogen-bond donors (Lipinski definition) is 1. The molecule has 0 saturated heterocycles. The summed E-state index contributed by atoms with van der Waals surface area (Å²) in [5.41, 5.74) is 1.12. The lowest BCUT2D eigenvalue weighted by Crippen LogP contribution is -2.20. The molecular weight excluding hydrogens is 240 g/mol. The highest BCUT2D eigenvalue weighted by Gasteiger charge is 2.22. The van der Waals surface area contributed by atoms with Crippen molar-refractivity contribution in [2.75, 3.05) is 7.05 Å². The topological polar surface area (TPSA) is 12.0 Å². The zero-order chi connectivity index (χ0) is 12.4. The molecule has 0 aliphatic carbocycles. The highest BCUT2D eigenvalue weighted by Crippen LogP contribution is 2.31. The third kappa shape index (κ3) is 2.23. The lowest BCUT2D eigenvalue weighted by Gasteiger charge is -2.17. The van der Waals surface area contributed by atoms with Crippen LogP contribution < -0.4 is 5.32 Å². The summed E-state index contributed by atoms with van der Waals surface area (Å²) in [6.45, 7) is 1.94. The maximum absolute atomic E-state index is 13.7. The Morgan fingerprint density at radius 3 is 2.29 bits per heavy atom. The standard InChI is InChI=1S/C13H13F2NS/c1-8-6-7-17-13(8)12(16-2)11-9(14)4-3-5-10(11)15/h3-7,12,16H,1-2H3. The van der Waals surface area contributed by atoms with Gasteiger partial charge in [0.15, 0.2) is 0 Å². The molecule has 1 unspecified atom stereocenters. The van der Waals surface area contributed by atoms with Gasteiger partial charge in [-0.3, -0.25) is 0 Å². The molecule has 1 nitrogen and oxygen atoms in total. The molecule has 0 bridgehead atoms. The predicted molar refractivity (Wildman–Crippen MR) is 66.3 cm³/mol. The van der Waals surface area contributed by atoms with E-state index in [4.69, 9.17) is 0 Å². The van der Waals surface area contributed by atoms with Crippen molar-refractivity contribution in [1.29, 1.82) is 0 Å². The van der Waals surface area contributed by atoms with Crippen LogP contribution >= 0.6 is 11.3 Å². The van der Waals surface area contributed by atoms with E-state index in [1.807, 2.05) is 18.4 Å². The first-order chi connectivity index (χ1) is 8.15. The fourth-order valence-corrected chi connectivity index (χ4v) is 2.92. The molecular formula is C13H13F2NS. The Hall–Kier alpha value is -1.26. The van der Waals surface area contributed by atoms with E-state index in [2.05, 4.69) is 5.32 Å². The van der Waals surface area contributed by atoms with Crippen molar-refractivity contribution in [2.24, 2.45) is 0 Å². The SMILES string of the molecule is CNC(c1sccc1C)c1c(F)cccc1F. The van der Waals surface area contributed by atoms with Gasteiger partial charge >= 0.3 is 0 Å². The second-order valence-corrected chi connectivity index (χ2v) is 4.77. The summed E-state index contributed by atoms with van der Waals surface area (Å²) in [5, 5.41) is 4.90. The average molecular weight is 253 g/mol. The number of aryl methyl sites for hydroxylation is 1. The van der Waals surface area contributed by atoms with E-state index < -0.39 is 17.7 Å². The number of hydrogen-bond acceptors (Lipinski definition) is 2. The van der Waals surface area contributed by atoms with Crippen molar-refractivity contribution < 1.29 is 8.78 Å². The molecule has 1 aromatic heterocycles. The van der Waals surface area contributed by atoms with E-state index in [1.54, 1.807) is 7.05 Å². The van der Waals surface area contributed by atoms with Crippen molar-refractivity contribution >= 4 is 11.3 Å². The van der Waals surface area contributed by atoms with E-state index in [0.717, 1.165) is 10.4 Å². The smallest absolute Gasteiger partial charge is 0.131 e. The Morgan fingerprint density at radius 1 is 1.18 bits per heavy atom. The lowest BCUT2D eigenvalue weighted by atomic mass is 10.0. The van der Waals surface area contributed by atoms with Crippen LogP contribution in [0.5, 0.6) is 0 Å². The molecule has 0 radical (unpaired) electrons. The second kappa shape index (κ2) is 4.94. The molecule has 0 aliphatic rings. The zero-order valence-corrected chi connectivity index (χ0v) is 10.4. The first kappa shape index (κ1) is 12.2. The number of thiophene rings is 1. The first-order valence-corrected chi connectivity index (χ1v) is 6.18. The van der Waals surface area contributed by atoms with Gasteiger partial charge in [0, 0.05) is 10.4 Å². The fraction of sp³-hybridized carbons (Fsp3) is 0.231. The van der Waals surface area contributed by atoms with Gasteiger partial charge < -0.3 is 5.32 Å². The molecule has 0 saturated carbocycles. The minimum absolute atomic E-state index is 0.0838. The third-order valence-corrected chi connectivity index (χ3v) is 3.82. The average Bonchev–Trinajstić information content (AvgIpc) is 2.70. The van der Waals surface area contributed by atoms with Crippen LogP contribution in [0.25, 0.3) is 0 Å². The van der Waals surface area contributed by atoms with Crippen LogP contribution in [0.3, 0.4) is 0 Å². The van der Waals surface area contributed by atoms with E-state index in [9.17, 15) is 8.78 Å². The van der Waals surface area contributed by atoms with Gasteiger partial charge in [0.2, 0.25) is 0 Å². The van der Waals surface area contributed by atoms with Crippen LogP contribution in [0, 0.1) is 18.6 Å². The van der Waals surface area contributed by atoms with Crippen molar-refractivity contribution in [3.63, 3.8) is 0 Å². The highest BCUT2D eigenvalue weighted by atomic mass is 32.1. The molecule has 1 atom stereocenters. The Kier molecular flexibility index (Phi) is 3.54. The molecule has 0 aliphatic heterocycles. The molecule has 1 N–H and O–H groups in total. The third-order valence-electron chi connectivity index (χ3n) is 2.74. The molecule has 1 aromatic carbocycles. The van der Waals surface area contributed by atoms with Crippen LogP contribution in [0.2, 0.25) is 0 Å². The largest absolute Gasteiger partial charge is 0.308 e. The Balaban J connectivity index is 2.53. The van der Waals surface area contributed by atoms with Crippen molar-refractivity contribution in [3.8, 4) is 0 Å². The molecule has 2 rings (SSSR count). The number of rotatable bonds is 3. The normalized spacial score (nSPS) is 12.7. The summed E-state index contributed by atoms with van der Waals surface area (Å²) in [7, 11) is 1.70. The minimum Gasteiger partial charge on any atom is -0.308 e. The summed E-state index contributed by atoms with van der Waals surface area (Å²) >= 11 is 1.50. The van der Waals surface area contributed by atoms with E-state index >= 15 is 0 Å². The van der Waals surface area contributed by atoms with Gasteiger partial charge in [-0.1, -0.05) is 6.07 Å². The zero-order valence-electron chi connectivity index (χ0n) is 9.63. The highest BCUT2D eigenvalue weighted by molar-refractivity contribution is 7.10. The van der Waals surface area contributed by atoms with Crippen LogP contribution in [-0.4, -0.2) is 7.05 Å². The van der Waals surface area contributed by atoms with Gasteiger partial charge in [-0.15, -0.1) is 11.3 Å². The van der Waals surface area contributed by atoms with Crippen molar-refractivity contribution in [2.45, 2.75) is 13.0 Å². The molecule has 17 heavy (non-hydrogen) atoms. The molecule has 4 heteroatoms. The Labute approximate surface area is 103 Å². The Bertz CT molecular complexity index is 502. The fourth-order valence-electron chi connectivity index (χ4n) is 1.87. The van der Waals surface area contributed by atoms with E-state index in [1.165, 1.54) is 29.5 Å². The monoisotopic (exact) mass is 253 g/mol. The number of nitrogens with one attached hydrogen (secondary N) is 1. The lowest BCUT2D eigenvalue weighted by molar-refractivity contribution is 0.524.